The Kier molecular flexibility index (Phi) is 4.64. The Labute approximate surface area is 101 Å². The van der Waals surface area contributed by atoms with E-state index in [9.17, 15) is 0 Å². The van der Waals surface area contributed by atoms with Gasteiger partial charge >= 0.3 is 0 Å². The summed E-state index contributed by atoms with van der Waals surface area (Å²) in [6.07, 6.45) is 1.17. The number of halogens is 1. The molecular weight excluding hydrogens is 254 g/mol. The summed E-state index contributed by atoms with van der Waals surface area (Å²) in [5.41, 5.74) is 2.44. The van der Waals surface area contributed by atoms with Crippen molar-refractivity contribution in [3.63, 3.8) is 0 Å². The molecule has 0 N–H and O–H groups in total. The Morgan fingerprint density at radius 1 is 1.40 bits per heavy atom. The first-order chi connectivity index (χ1) is 7.15. The minimum Gasteiger partial charge on any atom is -0.357 e. The Bertz CT molecular complexity index is 320. The van der Waals surface area contributed by atoms with Gasteiger partial charge in [-0.05, 0) is 20.3 Å². The van der Waals surface area contributed by atoms with Crippen LogP contribution in [0.2, 0.25) is 0 Å². The molecule has 0 saturated carbocycles. The van der Waals surface area contributed by atoms with Crippen molar-refractivity contribution >= 4 is 21.7 Å². The van der Waals surface area contributed by atoms with Crippen LogP contribution in [0.3, 0.4) is 0 Å². The molecule has 0 saturated heterocycles. The Hall–Kier alpha value is -0.510. The van der Waals surface area contributed by atoms with Crippen LogP contribution in [0.4, 0.5) is 5.82 Å². The lowest BCUT2D eigenvalue weighted by Gasteiger charge is -2.23. The van der Waals surface area contributed by atoms with Crippen molar-refractivity contribution in [2.45, 2.75) is 32.5 Å². The summed E-state index contributed by atoms with van der Waals surface area (Å²) in [6, 6.07) is 0. The molecule has 4 heteroatoms. The highest BCUT2D eigenvalue weighted by Gasteiger charge is 2.16. The zero-order valence-electron chi connectivity index (χ0n) is 10.0. The minimum atomic E-state index is 0.877. The van der Waals surface area contributed by atoms with E-state index in [0.717, 1.165) is 24.1 Å². The molecule has 0 aliphatic rings. The molecule has 1 heterocycles. The summed E-state index contributed by atoms with van der Waals surface area (Å²) in [5, 5.41) is 5.36. The summed E-state index contributed by atoms with van der Waals surface area (Å²) in [5.74, 6) is 1.26. The van der Waals surface area contributed by atoms with Gasteiger partial charge in [-0.1, -0.05) is 22.9 Å². The van der Waals surface area contributed by atoms with Crippen molar-refractivity contribution in [1.29, 1.82) is 0 Å². The molecule has 0 atom stereocenters. The Morgan fingerprint density at radius 2 is 2.07 bits per heavy atom. The summed E-state index contributed by atoms with van der Waals surface area (Å²) < 4.78 is 1.99. The maximum Gasteiger partial charge on any atom is 0.130 e. The average molecular weight is 274 g/mol. The second-order valence-corrected chi connectivity index (χ2v) is 4.29. The third-order valence-electron chi connectivity index (χ3n) is 2.62. The third-order valence-corrected chi connectivity index (χ3v) is 3.18. The molecule has 0 spiro atoms. The Morgan fingerprint density at radius 3 is 2.53 bits per heavy atom. The van der Waals surface area contributed by atoms with E-state index in [0.29, 0.717) is 0 Å². The zero-order valence-corrected chi connectivity index (χ0v) is 11.6. The van der Waals surface area contributed by atoms with E-state index in [-0.39, 0.29) is 0 Å². The van der Waals surface area contributed by atoms with Crippen molar-refractivity contribution < 1.29 is 0 Å². The highest BCUT2D eigenvalue weighted by Crippen LogP contribution is 2.25. The van der Waals surface area contributed by atoms with Gasteiger partial charge in [-0.25, -0.2) is 0 Å². The van der Waals surface area contributed by atoms with Gasteiger partial charge < -0.3 is 4.90 Å². The number of hydrogen-bond acceptors (Lipinski definition) is 2. The van der Waals surface area contributed by atoms with Crippen LogP contribution >= 0.6 is 15.9 Å². The lowest BCUT2D eigenvalue weighted by Crippen LogP contribution is -2.26. The van der Waals surface area contributed by atoms with Crippen LogP contribution in [0, 0.1) is 6.92 Å². The molecule has 1 rings (SSSR count). The second kappa shape index (κ2) is 5.54. The van der Waals surface area contributed by atoms with Gasteiger partial charge in [0.1, 0.15) is 5.82 Å². The number of alkyl halides is 1. The van der Waals surface area contributed by atoms with E-state index < -0.39 is 0 Å². The van der Waals surface area contributed by atoms with Crippen LogP contribution in [0.1, 0.15) is 31.5 Å². The molecule has 0 aliphatic carbocycles. The van der Waals surface area contributed by atoms with Crippen molar-refractivity contribution in [3.8, 4) is 0 Å². The summed E-state index contributed by atoms with van der Waals surface area (Å²) in [7, 11) is 2.02. The smallest absolute Gasteiger partial charge is 0.130 e. The molecule has 0 fully saturated rings. The number of hydrogen-bond donors (Lipinski definition) is 0. The van der Waals surface area contributed by atoms with Gasteiger partial charge in [-0.2, -0.15) is 5.10 Å². The topological polar surface area (TPSA) is 21.1 Å². The van der Waals surface area contributed by atoms with Crippen molar-refractivity contribution in [2.75, 3.05) is 18.0 Å². The Balaban J connectivity index is 3.09. The maximum atomic E-state index is 4.48. The fourth-order valence-electron chi connectivity index (χ4n) is 1.93. The van der Waals surface area contributed by atoms with E-state index in [1.165, 1.54) is 17.8 Å². The van der Waals surface area contributed by atoms with E-state index in [1.807, 2.05) is 11.7 Å². The largest absolute Gasteiger partial charge is 0.357 e. The number of aromatic nitrogens is 2. The van der Waals surface area contributed by atoms with Gasteiger partial charge in [0, 0.05) is 31.0 Å². The SMILES string of the molecule is CCCN(CC)c1c(CBr)c(C)nn1C. The first kappa shape index (κ1) is 12.6. The normalized spacial score (nSPS) is 10.7. The van der Waals surface area contributed by atoms with Crippen LogP contribution in [0.5, 0.6) is 0 Å². The lowest BCUT2D eigenvalue weighted by atomic mass is 10.2. The standard InChI is InChI=1S/C11H20BrN3/c1-5-7-15(6-2)11-10(8-12)9(3)13-14(11)4/h5-8H2,1-4H3. The molecule has 0 aromatic carbocycles. The van der Waals surface area contributed by atoms with Crippen LogP contribution in [-0.4, -0.2) is 22.9 Å². The summed E-state index contributed by atoms with van der Waals surface area (Å²) >= 11 is 3.54. The van der Waals surface area contributed by atoms with Crippen molar-refractivity contribution in [2.24, 2.45) is 7.05 Å². The first-order valence-electron chi connectivity index (χ1n) is 5.49. The van der Waals surface area contributed by atoms with Gasteiger partial charge in [0.15, 0.2) is 0 Å². The van der Waals surface area contributed by atoms with Gasteiger partial charge in [0.2, 0.25) is 0 Å². The molecule has 0 radical (unpaired) electrons. The van der Waals surface area contributed by atoms with E-state index in [4.69, 9.17) is 0 Å². The van der Waals surface area contributed by atoms with Gasteiger partial charge in [0.25, 0.3) is 0 Å². The maximum absolute atomic E-state index is 4.48. The fraction of sp³-hybridized carbons (Fsp3) is 0.727. The van der Waals surface area contributed by atoms with Crippen LogP contribution in [-0.2, 0) is 12.4 Å². The van der Waals surface area contributed by atoms with Crippen LogP contribution in [0.15, 0.2) is 0 Å². The van der Waals surface area contributed by atoms with Crippen LogP contribution in [0.25, 0.3) is 0 Å². The molecule has 86 valence electrons. The number of rotatable bonds is 5. The average Bonchev–Trinajstić information content (AvgIpc) is 2.49. The molecule has 0 bridgehead atoms. The first-order valence-corrected chi connectivity index (χ1v) is 6.61. The lowest BCUT2D eigenvalue weighted by molar-refractivity contribution is 0.696. The monoisotopic (exact) mass is 273 g/mol. The van der Waals surface area contributed by atoms with Gasteiger partial charge in [-0.3, -0.25) is 4.68 Å². The third kappa shape index (κ3) is 2.54. The van der Waals surface area contributed by atoms with E-state index in [1.54, 1.807) is 0 Å². The molecule has 3 nitrogen and oxygen atoms in total. The predicted molar refractivity (Wildman–Crippen MR) is 68.8 cm³/mol. The zero-order chi connectivity index (χ0) is 11.4. The molecule has 0 amide bonds. The molecule has 15 heavy (non-hydrogen) atoms. The molecule has 0 aliphatic heterocycles. The predicted octanol–water partition coefficient (Wildman–Crippen LogP) is 2.86. The number of anilines is 1. The number of nitrogens with zero attached hydrogens (tertiary/aromatic N) is 3. The quantitative estimate of drug-likeness (QED) is 0.770. The summed E-state index contributed by atoms with van der Waals surface area (Å²) in [6.45, 7) is 8.60. The van der Waals surface area contributed by atoms with E-state index in [2.05, 4.69) is 46.7 Å². The van der Waals surface area contributed by atoms with Crippen molar-refractivity contribution in [1.82, 2.24) is 9.78 Å². The van der Waals surface area contributed by atoms with E-state index >= 15 is 0 Å². The van der Waals surface area contributed by atoms with Crippen LogP contribution < -0.4 is 4.90 Å². The minimum absolute atomic E-state index is 0.877. The number of aryl methyl sites for hydroxylation is 2. The fourth-order valence-corrected chi connectivity index (χ4v) is 2.58. The second-order valence-electron chi connectivity index (χ2n) is 3.72. The molecule has 1 aromatic rings. The summed E-state index contributed by atoms with van der Waals surface area (Å²) in [4.78, 5) is 2.39. The van der Waals surface area contributed by atoms with Crippen molar-refractivity contribution in [3.05, 3.63) is 11.3 Å². The highest BCUT2D eigenvalue weighted by molar-refractivity contribution is 9.08. The molecular formula is C11H20BrN3. The van der Waals surface area contributed by atoms with Gasteiger partial charge in [0.05, 0.1) is 5.69 Å². The highest BCUT2D eigenvalue weighted by atomic mass is 79.9. The molecule has 0 unspecified atom stereocenters. The van der Waals surface area contributed by atoms with Gasteiger partial charge in [-0.15, -0.1) is 0 Å². The molecule has 1 aromatic heterocycles.